The number of rotatable bonds is 6. The number of aryl methyl sites for hydroxylation is 1. The Morgan fingerprint density at radius 1 is 1.44 bits per heavy atom. The minimum Gasteiger partial charge on any atom is -0.481 e. The lowest BCUT2D eigenvalue weighted by atomic mass is 10.0. The summed E-state index contributed by atoms with van der Waals surface area (Å²) in [5.41, 5.74) is 2.61. The predicted octanol–water partition coefficient (Wildman–Crippen LogP) is 2.68. The second kappa shape index (κ2) is 5.11. The van der Waals surface area contributed by atoms with E-state index >= 15 is 0 Å². The van der Waals surface area contributed by atoms with E-state index in [2.05, 4.69) is 43.1 Å². The summed E-state index contributed by atoms with van der Waals surface area (Å²) in [4.78, 5) is 13.1. The quantitative estimate of drug-likeness (QED) is 0.840. The smallest absolute Gasteiger partial charge is 0.303 e. The molecule has 0 radical (unpaired) electrons. The summed E-state index contributed by atoms with van der Waals surface area (Å²) in [6.07, 6.45) is 2.42. The monoisotopic (exact) mass is 247 g/mol. The highest BCUT2D eigenvalue weighted by molar-refractivity contribution is 5.68. The molecule has 2 rings (SSSR count). The minimum atomic E-state index is -0.670. The first-order valence-electron chi connectivity index (χ1n) is 6.45. The molecule has 1 aromatic carbocycles. The van der Waals surface area contributed by atoms with Gasteiger partial charge in [0.2, 0.25) is 0 Å². The van der Waals surface area contributed by atoms with Gasteiger partial charge >= 0.3 is 5.97 Å². The van der Waals surface area contributed by atoms with E-state index in [4.69, 9.17) is 5.11 Å². The maximum atomic E-state index is 10.8. The Kier molecular flexibility index (Phi) is 3.71. The van der Waals surface area contributed by atoms with E-state index in [1.165, 1.54) is 11.1 Å². The van der Waals surface area contributed by atoms with E-state index < -0.39 is 5.97 Å². The van der Waals surface area contributed by atoms with E-state index in [1.807, 2.05) is 0 Å². The second-order valence-electron chi connectivity index (χ2n) is 5.73. The lowest BCUT2D eigenvalue weighted by Gasteiger charge is -2.22. The van der Waals surface area contributed by atoms with Crippen molar-refractivity contribution < 1.29 is 9.90 Å². The lowest BCUT2D eigenvalue weighted by molar-refractivity contribution is -0.138. The van der Waals surface area contributed by atoms with Crippen molar-refractivity contribution in [3.05, 3.63) is 35.4 Å². The first kappa shape index (κ1) is 13.1. The Morgan fingerprint density at radius 3 is 2.72 bits per heavy atom. The van der Waals surface area contributed by atoms with Gasteiger partial charge in [0.1, 0.15) is 0 Å². The molecule has 18 heavy (non-hydrogen) atoms. The van der Waals surface area contributed by atoms with Crippen molar-refractivity contribution in [1.29, 1.82) is 0 Å². The van der Waals surface area contributed by atoms with Crippen LogP contribution in [0.25, 0.3) is 0 Å². The number of carboxylic acid groups (broad SMARTS) is 1. The van der Waals surface area contributed by atoms with Crippen molar-refractivity contribution in [2.24, 2.45) is 5.41 Å². The number of hydrogen-bond acceptors (Lipinski definition) is 2. The highest BCUT2D eigenvalue weighted by Crippen LogP contribution is 2.49. The van der Waals surface area contributed by atoms with Crippen molar-refractivity contribution in [2.45, 2.75) is 32.7 Å². The Morgan fingerprint density at radius 2 is 2.17 bits per heavy atom. The Balaban J connectivity index is 1.89. The van der Waals surface area contributed by atoms with Gasteiger partial charge in [0.05, 0.1) is 6.42 Å². The fraction of sp³-hybridized carbons (Fsp3) is 0.533. The van der Waals surface area contributed by atoms with Gasteiger partial charge in [0.15, 0.2) is 0 Å². The van der Waals surface area contributed by atoms with Crippen molar-refractivity contribution in [2.75, 3.05) is 13.6 Å². The number of carboxylic acids is 1. The summed E-state index contributed by atoms with van der Waals surface area (Å²) < 4.78 is 0. The Labute approximate surface area is 108 Å². The van der Waals surface area contributed by atoms with Crippen molar-refractivity contribution in [1.82, 2.24) is 4.90 Å². The zero-order valence-corrected chi connectivity index (χ0v) is 11.1. The molecule has 0 spiro atoms. The van der Waals surface area contributed by atoms with Gasteiger partial charge in [-0.05, 0) is 37.8 Å². The van der Waals surface area contributed by atoms with Crippen LogP contribution in [0, 0.1) is 12.3 Å². The molecule has 0 heterocycles. The standard InChI is InChI=1S/C15H21NO2/c1-12-4-3-5-13(8-12)10-16(2)11-15(6-7-15)9-14(17)18/h3-5,8H,6-7,9-11H2,1-2H3,(H,17,18). The number of nitrogens with zero attached hydrogens (tertiary/aromatic N) is 1. The molecule has 1 saturated carbocycles. The summed E-state index contributed by atoms with van der Waals surface area (Å²) in [5, 5.41) is 8.91. The molecule has 3 nitrogen and oxygen atoms in total. The number of aliphatic carboxylic acids is 1. The molecule has 0 aromatic heterocycles. The molecule has 1 aromatic rings. The van der Waals surface area contributed by atoms with Crippen LogP contribution in [-0.4, -0.2) is 29.6 Å². The SMILES string of the molecule is Cc1cccc(CN(C)CC2(CC(=O)O)CC2)c1. The summed E-state index contributed by atoms with van der Waals surface area (Å²) in [7, 11) is 2.07. The number of hydrogen-bond donors (Lipinski definition) is 1. The molecule has 0 amide bonds. The first-order valence-corrected chi connectivity index (χ1v) is 6.45. The van der Waals surface area contributed by atoms with Gasteiger partial charge in [0, 0.05) is 13.1 Å². The predicted molar refractivity (Wildman–Crippen MR) is 71.4 cm³/mol. The van der Waals surface area contributed by atoms with Gasteiger partial charge in [-0.1, -0.05) is 29.8 Å². The van der Waals surface area contributed by atoms with Crippen molar-refractivity contribution in [3.63, 3.8) is 0 Å². The molecular formula is C15H21NO2. The van der Waals surface area contributed by atoms with Crippen LogP contribution in [0.1, 0.15) is 30.4 Å². The molecule has 0 bridgehead atoms. The van der Waals surface area contributed by atoms with Crippen LogP contribution < -0.4 is 0 Å². The molecule has 98 valence electrons. The molecule has 0 atom stereocenters. The number of carbonyl (C=O) groups is 1. The minimum absolute atomic E-state index is 0.0460. The summed E-state index contributed by atoms with van der Waals surface area (Å²) in [5.74, 6) is -0.670. The molecule has 1 aliphatic carbocycles. The van der Waals surface area contributed by atoms with Gasteiger partial charge in [-0.15, -0.1) is 0 Å². The van der Waals surface area contributed by atoms with Gasteiger partial charge in [-0.2, -0.15) is 0 Å². The van der Waals surface area contributed by atoms with E-state index in [0.29, 0.717) is 6.42 Å². The summed E-state index contributed by atoms with van der Waals surface area (Å²) >= 11 is 0. The van der Waals surface area contributed by atoms with E-state index in [1.54, 1.807) is 0 Å². The largest absolute Gasteiger partial charge is 0.481 e. The van der Waals surface area contributed by atoms with Gasteiger partial charge < -0.3 is 10.0 Å². The fourth-order valence-corrected chi connectivity index (χ4v) is 2.64. The zero-order valence-electron chi connectivity index (χ0n) is 11.1. The third-order valence-electron chi connectivity index (χ3n) is 3.62. The summed E-state index contributed by atoms with van der Waals surface area (Å²) in [6, 6.07) is 8.48. The van der Waals surface area contributed by atoms with Crippen LogP contribution in [-0.2, 0) is 11.3 Å². The maximum Gasteiger partial charge on any atom is 0.303 e. The lowest BCUT2D eigenvalue weighted by Crippen LogP contribution is -2.28. The average molecular weight is 247 g/mol. The van der Waals surface area contributed by atoms with Gasteiger partial charge in [-0.25, -0.2) is 0 Å². The van der Waals surface area contributed by atoms with Crippen molar-refractivity contribution in [3.8, 4) is 0 Å². The molecular weight excluding hydrogens is 226 g/mol. The van der Waals surface area contributed by atoms with E-state index in [9.17, 15) is 4.79 Å². The fourth-order valence-electron chi connectivity index (χ4n) is 2.64. The average Bonchev–Trinajstić information content (AvgIpc) is 2.95. The molecule has 1 aliphatic rings. The first-order chi connectivity index (χ1) is 8.49. The Hall–Kier alpha value is -1.35. The van der Waals surface area contributed by atoms with Crippen LogP contribution in [0.4, 0.5) is 0 Å². The van der Waals surface area contributed by atoms with Crippen LogP contribution >= 0.6 is 0 Å². The molecule has 3 heteroatoms. The van der Waals surface area contributed by atoms with Crippen LogP contribution in [0.15, 0.2) is 24.3 Å². The molecule has 0 saturated heterocycles. The maximum absolute atomic E-state index is 10.8. The second-order valence-corrected chi connectivity index (χ2v) is 5.73. The van der Waals surface area contributed by atoms with Gasteiger partial charge in [-0.3, -0.25) is 4.79 Å². The van der Waals surface area contributed by atoms with E-state index in [0.717, 1.165) is 25.9 Å². The van der Waals surface area contributed by atoms with Crippen molar-refractivity contribution >= 4 is 5.97 Å². The highest BCUT2D eigenvalue weighted by Gasteiger charge is 2.44. The normalized spacial score (nSPS) is 16.8. The Bertz CT molecular complexity index is 438. The third-order valence-corrected chi connectivity index (χ3v) is 3.62. The molecule has 1 N–H and O–H groups in total. The molecule has 0 unspecified atom stereocenters. The number of benzene rings is 1. The molecule has 1 fully saturated rings. The van der Waals surface area contributed by atoms with Crippen LogP contribution in [0.3, 0.4) is 0 Å². The highest BCUT2D eigenvalue weighted by atomic mass is 16.4. The topological polar surface area (TPSA) is 40.5 Å². The summed E-state index contributed by atoms with van der Waals surface area (Å²) in [6.45, 7) is 3.87. The third kappa shape index (κ3) is 3.57. The molecule has 0 aliphatic heterocycles. The zero-order chi connectivity index (χ0) is 13.2. The van der Waals surface area contributed by atoms with Crippen LogP contribution in [0.5, 0.6) is 0 Å². The van der Waals surface area contributed by atoms with Crippen LogP contribution in [0.2, 0.25) is 0 Å². The van der Waals surface area contributed by atoms with E-state index in [-0.39, 0.29) is 5.41 Å². The van der Waals surface area contributed by atoms with Gasteiger partial charge in [0.25, 0.3) is 0 Å².